The number of fused-ring (bicyclic) bond motifs is 1. The van der Waals surface area contributed by atoms with Gasteiger partial charge in [-0.15, -0.1) is 0 Å². The summed E-state index contributed by atoms with van der Waals surface area (Å²) in [7, 11) is 4.52. The summed E-state index contributed by atoms with van der Waals surface area (Å²) >= 11 is 0. The van der Waals surface area contributed by atoms with Gasteiger partial charge in [-0.1, -0.05) is 18.2 Å². The maximum Gasteiger partial charge on any atom is 0.239 e. The first kappa shape index (κ1) is 21.9. The third kappa shape index (κ3) is 5.65. The fourth-order valence-electron chi connectivity index (χ4n) is 3.20. The van der Waals surface area contributed by atoms with E-state index in [0.717, 1.165) is 11.3 Å². The molecule has 2 aromatic carbocycles. The van der Waals surface area contributed by atoms with Gasteiger partial charge in [-0.05, 0) is 11.6 Å². The molecule has 0 saturated carbocycles. The van der Waals surface area contributed by atoms with Crippen molar-refractivity contribution in [3.8, 4) is 17.2 Å². The lowest BCUT2D eigenvalue weighted by molar-refractivity contribution is -0.121. The van der Waals surface area contributed by atoms with E-state index in [2.05, 4.69) is 15.6 Å². The Bertz CT molecular complexity index is 951. The van der Waals surface area contributed by atoms with Crippen molar-refractivity contribution in [2.75, 3.05) is 39.7 Å². The van der Waals surface area contributed by atoms with E-state index in [4.69, 9.17) is 14.2 Å². The fraction of sp³-hybridized carbons (Fsp3) is 0.318. The van der Waals surface area contributed by atoms with Gasteiger partial charge >= 0.3 is 0 Å². The zero-order valence-corrected chi connectivity index (χ0v) is 17.8. The second-order valence-corrected chi connectivity index (χ2v) is 6.84. The van der Waals surface area contributed by atoms with Crippen LogP contribution in [0.5, 0.6) is 17.2 Å². The highest BCUT2D eigenvalue weighted by molar-refractivity contribution is 5.92. The number of hydrogen-bond acceptors (Lipinski definition) is 7. The van der Waals surface area contributed by atoms with Crippen LogP contribution in [0.1, 0.15) is 12.0 Å². The Morgan fingerprint density at radius 3 is 2.42 bits per heavy atom. The molecule has 1 aliphatic heterocycles. The van der Waals surface area contributed by atoms with E-state index in [0.29, 0.717) is 29.5 Å². The molecule has 2 N–H and O–H groups in total. The largest absolute Gasteiger partial charge is 0.493 e. The molecule has 9 heteroatoms. The van der Waals surface area contributed by atoms with Crippen LogP contribution in [-0.4, -0.2) is 57.5 Å². The van der Waals surface area contributed by atoms with Gasteiger partial charge in [-0.2, -0.15) is 0 Å². The number of benzene rings is 2. The van der Waals surface area contributed by atoms with Crippen molar-refractivity contribution in [2.45, 2.75) is 13.0 Å². The summed E-state index contributed by atoms with van der Waals surface area (Å²) in [6.07, 6.45) is 1.79. The van der Waals surface area contributed by atoms with Gasteiger partial charge in [0.1, 0.15) is 0 Å². The topological polar surface area (TPSA) is 101 Å². The molecule has 1 aliphatic rings. The number of ether oxygens (including phenoxy) is 3. The molecular weight excluding hydrogens is 400 g/mol. The second-order valence-electron chi connectivity index (χ2n) is 6.84. The van der Waals surface area contributed by atoms with Gasteiger partial charge in [0.2, 0.25) is 17.6 Å². The Hall–Kier alpha value is -3.75. The number of nitrogens with zero attached hydrogens (tertiary/aromatic N) is 2. The van der Waals surface area contributed by atoms with Gasteiger partial charge in [-0.25, -0.2) is 4.99 Å². The standard InChI is InChI=1S/C22H26N4O5/c1-29-18-10-16(11-19(30-2)22(18)31-3)25-20(27)8-9-23-21(28)13-26-12-15-6-4-5-7-17(15)24-14-26/h4-7,10-11,14H,8-9,12-13H2,1-3H3,(H,23,28)(H,25,27). The van der Waals surface area contributed by atoms with Gasteiger partial charge < -0.3 is 29.7 Å². The Balaban J connectivity index is 1.46. The van der Waals surface area contributed by atoms with Crippen molar-refractivity contribution in [2.24, 2.45) is 4.99 Å². The highest BCUT2D eigenvalue weighted by atomic mass is 16.5. The van der Waals surface area contributed by atoms with Gasteiger partial charge in [-0.3, -0.25) is 9.59 Å². The molecule has 0 spiro atoms. The minimum atomic E-state index is -0.247. The SMILES string of the molecule is COc1cc(NC(=O)CCNC(=O)CN2C=Nc3ccccc3C2)cc(OC)c1OC. The zero-order chi connectivity index (χ0) is 22.2. The number of carbonyl (C=O) groups excluding carboxylic acids is 2. The maximum absolute atomic E-state index is 12.3. The number of hydrogen-bond donors (Lipinski definition) is 2. The van der Waals surface area contributed by atoms with Crippen LogP contribution in [0.25, 0.3) is 0 Å². The lowest BCUT2D eigenvalue weighted by Crippen LogP contribution is -2.38. The minimum absolute atomic E-state index is 0.124. The number of rotatable bonds is 9. The molecule has 31 heavy (non-hydrogen) atoms. The number of carbonyl (C=O) groups is 2. The first-order chi connectivity index (χ1) is 15.0. The van der Waals surface area contributed by atoms with Crippen LogP contribution in [-0.2, 0) is 16.1 Å². The summed E-state index contributed by atoms with van der Waals surface area (Å²) in [5.74, 6) is 0.902. The average Bonchev–Trinajstić information content (AvgIpc) is 2.78. The van der Waals surface area contributed by atoms with E-state index in [-0.39, 0.29) is 31.3 Å². The van der Waals surface area contributed by atoms with Crippen molar-refractivity contribution in [3.63, 3.8) is 0 Å². The molecule has 1 heterocycles. The van der Waals surface area contributed by atoms with E-state index < -0.39 is 0 Å². The molecule has 0 unspecified atom stereocenters. The van der Waals surface area contributed by atoms with Crippen molar-refractivity contribution >= 4 is 29.5 Å². The number of nitrogens with one attached hydrogen (secondary N) is 2. The van der Waals surface area contributed by atoms with Crippen LogP contribution < -0.4 is 24.8 Å². The zero-order valence-electron chi connectivity index (χ0n) is 17.8. The van der Waals surface area contributed by atoms with Gasteiger partial charge in [0.05, 0.1) is 39.9 Å². The number of para-hydroxylation sites is 1. The van der Waals surface area contributed by atoms with Crippen LogP contribution in [0.15, 0.2) is 41.4 Å². The fourth-order valence-corrected chi connectivity index (χ4v) is 3.20. The molecule has 0 aromatic heterocycles. The average molecular weight is 426 g/mol. The van der Waals surface area contributed by atoms with Gasteiger partial charge in [0.15, 0.2) is 11.5 Å². The molecule has 0 atom stereocenters. The number of methoxy groups -OCH3 is 3. The summed E-state index contributed by atoms with van der Waals surface area (Å²) in [6.45, 7) is 1.01. The molecule has 2 amide bonds. The highest BCUT2D eigenvalue weighted by Crippen LogP contribution is 2.39. The molecular formula is C22H26N4O5. The Morgan fingerprint density at radius 2 is 1.74 bits per heavy atom. The van der Waals surface area contributed by atoms with Crippen molar-refractivity contribution in [3.05, 3.63) is 42.0 Å². The smallest absolute Gasteiger partial charge is 0.239 e. The minimum Gasteiger partial charge on any atom is -0.493 e. The lowest BCUT2D eigenvalue weighted by atomic mass is 10.1. The summed E-state index contributed by atoms with van der Waals surface area (Å²) in [6, 6.07) is 11.1. The van der Waals surface area contributed by atoms with Crippen LogP contribution in [0.4, 0.5) is 11.4 Å². The quantitative estimate of drug-likeness (QED) is 0.638. The third-order valence-corrected chi connectivity index (χ3v) is 4.69. The summed E-state index contributed by atoms with van der Waals surface area (Å²) in [5, 5.41) is 5.53. The molecule has 9 nitrogen and oxygen atoms in total. The first-order valence-electron chi connectivity index (χ1n) is 9.76. The molecule has 164 valence electrons. The highest BCUT2D eigenvalue weighted by Gasteiger charge is 2.16. The monoisotopic (exact) mass is 426 g/mol. The number of aliphatic imine (C=N–C) groups is 1. The Kier molecular flexibility index (Phi) is 7.31. The molecule has 2 aromatic rings. The van der Waals surface area contributed by atoms with Crippen LogP contribution in [0, 0.1) is 0 Å². The van der Waals surface area contributed by atoms with Crippen molar-refractivity contribution in [1.82, 2.24) is 10.2 Å². The van der Waals surface area contributed by atoms with E-state index >= 15 is 0 Å². The predicted molar refractivity (Wildman–Crippen MR) is 117 cm³/mol. The Labute approximate surface area is 181 Å². The summed E-state index contributed by atoms with van der Waals surface area (Å²) < 4.78 is 15.8. The number of amides is 2. The van der Waals surface area contributed by atoms with Crippen molar-refractivity contribution in [1.29, 1.82) is 0 Å². The molecule has 0 fully saturated rings. The molecule has 0 saturated heterocycles. The predicted octanol–water partition coefficient (Wildman–Crippen LogP) is 2.33. The third-order valence-electron chi connectivity index (χ3n) is 4.69. The first-order valence-corrected chi connectivity index (χ1v) is 9.76. The van der Waals surface area contributed by atoms with Crippen LogP contribution in [0.2, 0.25) is 0 Å². The molecule has 0 bridgehead atoms. The molecule has 0 radical (unpaired) electrons. The van der Waals surface area contributed by atoms with Gasteiger partial charge in [0, 0.05) is 37.3 Å². The van der Waals surface area contributed by atoms with Crippen LogP contribution >= 0.6 is 0 Å². The summed E-state index contributed by atoms with van der Waals surface area (Å²) in [5.41, 5.74) is 2.50. The molecule has 3 rings (SSSR count). The molecule has 0 aliphatic carbocycles. The van der Waals surface area contributed by atoms with Crippen LogP contribution in [0.3, 0.4) is 0 Å². The van der Waals surface area contributed by atoms with Crippen molar-refractivity contribution < 1.29 is 23.8 Å². The lowest BCUT2D eigenvalue weighted by Gasteiger charge is -2.23. The number of anilines is 1. The Morgan fingerprint density at radius 1 is 1.03 bits per heavy atom. The summed E-state index contributed by atoms with van der Waals surface area (Å²) in [4.78, 5) is 30.7. The van der Waals surface area contributed by atoms with Gasteiger partial charge in [0.25, 0.3) is 0 Å². The van der Waals surface area contributed by atoms with E-state index in [1.54, 1.807) is 18.5 Å². The maximum atomic E-state index is 12.3. The normalized spacial score (nSPS) is 12.0. The van der Waals surface area contributed by atoms with E-state index in [9.17, 15) is 9.59 Å². The second kappa shape index (κ2) is 10.3. The van der Waals surface area contributed by atoms with E-state index in [1.165, 1.54) is 21.3 Å². The van der Waals surface area contributed by atoms with E-state index in [1.807, 2.05) is 29.2 Å².